The third-order valence-electron chi connectivity index (χ3n) is 2.54. The minimum atomic E-state index is -3.26. The van der Waals surface area contributed by atoms with E-state index in [9.17, 15) is 8.42 Å². The largest absolute Gasteiger partial charge is 0.313 e. The smallest absolute Gasteiger partial charge is 0.234 e. The van der Waals surface area contributed by atoms with Crippen LogP contribution in [0.1, 0.15) is 12.8 Å². The first-order valence-electron chi connectivity index (χ1n) is 5.30. The van der Waals surface area contributed by atoms with Crippen LogP contribution in [0.3, 0.4) is 0 Å². The van der Waals surface area contributed by atoms with Gasteiger partial charge in [-0.1, -0.05) is 0 Å². The maximum atomic E-state index is 11.8. The second kappa shape index (κ2) is 4.80. The molecule has 1 unspecified atom stereocenters. The van der Waals surface area contributed by atoms with Crippen molar-refractivity contribution in [2.45, 2.75) is 18.9 Å². The molecule has 2 N–H and O–H groups in total. The van der Waals surface area contributed by atoms with Crippen molar-refractivity contribution in [2.75, 3.05) is 17.0 Å². The second-order valence-corrected chi connectivity index (χ2v) is 5.68. The van der Waals surface area contributed by atoms with E-state index in [2.05, 4.69) is 15.0 Å². The normalized spacial score (nSPS) is 20.9. The van der Waals surface area contributed by atoms with Gasteiger partial charge in [0.25, 0.3) is 0 Å². The number of anilines is 1. The van der Waals surface area contributed by atoms with Gasteiger partial charge in [-0.2, -0.15) is 0 Å². The molecule has 0 amide bonds. The van der Waals surface area contributed by atoms with Crippen LogP contribution >= 0.6 is 0 Å². The molecule has 1 aliphatic heterocycles. The lowest BCUT2D eigenvalue weighted by molar-refractivity contribution is 0.582. The van der Waals surface area contributed by atoms with Crippen molar-refractivity contribution in [2.24, 2.45) is 0 Å². The van der Waals surface area contributed by atoms with Gasteiger partial charge in [0.15, 0.2) is 0 Å². The van der Waals surface area contributed by atoms with Gasteiger partial charge in [-0.3, -0.25) is 9.71 Å². The minimum absolute atomic E-state index is 0.0827. The van der Waals surface area contributed by atoms with Crippen LogP contribution in [0, 0.1) is 0 Å². The molecule has 88 valence electrons. The summed E-state index contributed by atoms with van der Waals surface area (Å²) in [5.41, 5.74) is 0.563. The average molecular weight is 241 g/mol. The van der Waals surface area contributed by atoms with E-state index in [-0.39, 0.29) is 11.8 Å². The number of pyridine rings is 1. The summed E-state index contributed by atoms with van der Waals surface area (Å²) in [6, 6.07) is 3.36. The van der Waals surface area contributed by atoms with Crippen LogP contribution < -0.4 is 10.0 Å². The molecule has 2 heterocycles. The van der Waals surface area contributed by atoms with Gasteiger partial charge in [-0.15, -0.1) is 0 Å². The SMILES string of the molecule is O=S(=O)(CC1CCCN1)Nc1ccncc1. The highest BCUT2D eigenvalue weighted by Crippen LogP contribution is 2.11. The Hall–Kier alpha value is -1.14. The van der Waals surface area contributed by atoms with Gasteiger partial charge >= 0.3 is 0 Å². The summed E-state index contributed by atoms with van der Waals surface area (Å²) < 4.78 is 26.1. The molecule has 0 radical (unpaired) electrons. The van der Waals surface area contributed by atoms with Crippen LogP contribution in [0.2, 0.25) is 0 Å². The number of aromatic nitrogens is 1. The average Bonchev–Trinajstić information content (AvgIpc) is 2.70. The van der Waals surface area contributed by atoms with E-state index in [1.807, 2.05) is 0 Å². The molecule has 1 fully saturated rings. The Morgan fingerprint density at radius 3 is 2.81 bits per heavy atom. The van der Waals surface area contributed by atoms with Crippen molar-refractivity contribution in [3.05, 3.63) is 24.5 Å². The summed E-state index contributed by atoms with van der Waals surface area (Å²) in [5.74, 6) is 0.134. The topological polar surface area (TPSA) is 71.1 Å². The first-order valence-corrected chi connectivity index (χ1v) is 6.95. The lowest BCUT2D eigenvalue weighted by atomic mass is 10.3. The van der Waals surface area contributed by atoms with Gasteiger partial charge in [-0.05, 0) is 31.5 Å². The Labute approximate surface area is 95.3 Å². The Morgan fingerprint density at radius 1 is 1.44 bits per heavy atom. The van der Waals surface area contributed by atoms with E-state index in [1.165, 1.54) is 0 Å². The summed E-state index contributed by atoms with van der Waals surface area (Å²) in [4.78, 5) is 3.83. The van der Waals surface area contributed by atoms with Crippen molar-refractivity contribution in [1.82, 2.24) is 10.3 Å². The molecular weight excluding hydrogens is 226 g/mol. The number of nitrogens with one attached hydrogen (secondary N) is 2. The maximum absolute atomic E-state index is 11.8. The molecule has 1 aromatic heterocycles. The third-order valence-corrected chi connectivity index (χ3v) is 3.92. The molecule has 6 heteroatoms. The standard InChI is InChI=1S/C10H15N3O2S/c14-16(15,8-10-2-1-5-12-10)13-9-3-6-11-7-4-9/h3-4,6-7,10,12H,1-2,5,8H2,(H,11,13). The second-order valence-electron chi connectivity index (χ2n) is 3.91. The zero-order valence-electron chi connectivity index (χ0n) is 8.89. The molecule has 0 saturated carbocycles. The fourth-order valence-corrected chi connectivity index (χ4v) is 3.20. The Kier molecular flexibility index (Phi) is 3.40. The molecule has 0 aromatic carbocycles. The number of rotatable bonds is 4. The van der Waals surface area contributed by atoms with Crippen LogP contribution in [0.4, 0.5) is 5.69 Å². The van der Waals surface area contributed by atoms with E-state index >= 15 is 0 Å². The first-order chi connectivity index (χ1) is 7.66. The van der Waals surface area contributed by atoms with E-state index in [0.717, 1.165) is 19.4 Å². The van der Waals surface area contributed by atoms with Gasteiger partial charge in [0.2, 0.25) is 10.0 Å². The molecule has 0 spiro atoms. The van der Waals surface area contributed by atoms with Gasteiger partial charge in [0.1, 0.15) is 0 Å². The van der Waals surface area contributed by atoms with Crippen LogP contribution in [0.25, 0.3) is 0 Å². The third kappa shape index (κ3) is 3.18. The van der Waals surface area contributed by atoms with Gasteiger partial charge in [-0.25, -0.2) is 8.42 Å². The highest BCUT2D eigenvalue weighted by atomic mass is 32.2. The summed E-state index contributed by atoms with van der Waals surface area (Å²) in [6.45, 7) is 0.912. The van der Waals surface area contributed by atoms with Crippen molar-refractivity contribution in [1.29, 1.82) is 0 Å². The zero-order valence-corrected chi connectivity index (χ0v) is 9.70. The Morgan fingerprint density at radius 2 is 2.19 bits per heavy atom. The fraction of sp³-hybridized carbons (Fsp3) is 0.500. The lowest BCUT2D eigenvalue weighted by Crippen LogP contribution is -2.32. The molecule has 1 aliphatic rings. The highest BCUT2D eigenvalue weighted by Gasteiger charge is 2.21. The van der Waals surface area contributed by atoms with Crippen LogP contribution in [0.5, 0.6) is 0 Å². The molecule has 1 saturated heterocycles. The van der Waals surface area contributed by atoms with Gasteiger partial charge in [0.05, 0.1) is 11.4 Å². The monoisotopic (exact) mass is 241 g/mol. The van der Waals surface area contributed by atoms with Crippen molar-refractivity contribution < 1.29 is 8.42 Å². The Balaban J connectivity index is 1.97. The fourth-order valence-electron chi connectivity index (χ4n) is 1.81. The van der Waals surface area contributed by atoms with E-state index in [0.29, 0.717) is 5.69 Å². The zero-order chi connectivity index (χ0) is 11.4. The van der Waals surface area contributed by atoms with Crippen LogP contribution in [-0.4, -0.2) is 31.7 Å². The summed E-state index contributed by atoms with van der Waals surface area (Å²) in [6.07, 6.45) is 5.10. The Bertz CT molecular complexity index is 427. The van der Waals surface area contributed by atoms with Crippen LogP contribution in [0.15, 0.2) is 24.5 Å². The van der Waals surface area contributed by atoms with Gasteiger partial charge < -0.3 is 5.32 Å². The van der Waals surface area contributed by atoms with Crippen molar-refractivity contribution >= 4 is 15.7 Å². The quantitative estimate of drug-likeness (QED) is 0.808. The molecule has 16 heavy (non-hydrogen) atoms. The lowest BCUT2D eigenvalue weighted by Gasteiger charge is -2.12. The molecular formula is C10H15N3O2S. The first kappa shape index (κ1) is 11.3. The molecule has 0 bridgehead atoms. The number of hydrogen-bond acceptors (Lipinski definition) is 4. The van der Waals surface area contributed by atoms with Crippen molar-refractivity contribution in [3.8, 4) is 0 Å². The van der Waals surface area contributed by atoms with Gasteiger partial charge in [0, 0.05) is 18.4 Å². The van der Waals surface area contributed by atoms with E-state index in [1.54, 1.807) is 24.5 Å². The molecule has 1 aromatic rings. The number of hydrogen-bond donors (Lipinski definition) is 2. The minimum Gasteiger partial charge on any atom is -0.313 e. The van der Waals surface area contributed by atoms with Crippen molar-refractivity contribution in [3.63, 3.8) is 0 Å². The predicted octanol–water partition coefficient (Wildman–Crippen LogP) is 0.575. The van der Waals surface area contributed by atoms with Crippen LogP contribution in [-0.2, 0) is 10.0 Å². The molecule has 2 rings (SSSR count). The highest BCUT2D eigenvalue weighted by molar-refractivity contribution is 7.92. The van der Waals surface area contributed by atoms with E-state index < -0.39 is 10.0 Å². The predicted molar refractivity (Wildman–Crippen MR) is 62.7 cm³/mol. The molecule has 1 atom stereocenters. The maximum Gasteiger partial charge on any atom is 0.234 e. The van der Waals surface area contributed by atoms with E-state index in [4.69, 9.17) is 0 Å². The number of sulfonamides is 1. The summed E-state index contributed by atoms with van der Waals surface area (Å²) >= 11 is 0. The summed E-state index contributed by atoms with van der Waals surface area (Å²) in [7, 11) is -3.26. The molecule has 0 aliphatic carbocycles. The molecule has 5 nitrogen and oxygen atoms in total. The summed E-state index contributed by atoms with van der Waals surface area (Å²) in [5, 5.41) is 3.17. The number of nitrogens with zero attached hydrogens (tertiary/aromatic N) is 1.